The van der Waals surface area contributed by atoms with E-state index < -0.39 is 5.60 Å². The molecule has 0 aliphatic carbocycles. The Morgan fingerprint density at radius 2 is 1.97 bits per heavy atom. The number of aromatic nitrogens is 4. The van der Waals surface area contributed by atoms with Crippen LogP contribution in [0.4, 0.5) is 11.8 Å². The van der Waals surface area contributed by atoms with Crippen LogP contribution in [0.1, 0.15) is 52.0 Å². The van der Waals surface area contributed by atoms with Gasteiger partial charge in [0.15, 0.2) is 28.5 Å². The van der Waals surface area contributed by atoms with Crippen LogP contribution in [0.3, 0.4) is 0 Å². The van der Waals surface area contributed by atoms with Crippen molar-refractivity contribution in [2.75, 3.05) is 24.3 Å². The maximum atomic E-state index is 10.4. The van der Waals surface area contributed by atoms with E-state index in [2.05, 4.69) is 32.5 Å². The van der Waals surface area contributed by atoms with Gasteiger partial charge in [-0.15, -0.1) is 0 Å². The molecule has 3 aromatic rings. The Balaban J connectivity index is 1.87. The summed E-state index contributed by atoms with van der Waals surface area (Å²) in [4.78, 5) is 13.8. The van der Waals surface area contributed by atoms with E-state index in [1.807, 2.05) is 16.7 Å². The zero-order chi connectivity index (χ0) is 23.1. The molecule has 0 atom stereocenters. The number of phenolic OH excluding ortho intramolecular Hbond substituents is 1. The normalized spacial score (nSPS) is 11.7. The van der Waals surface area contributed by atoms with Gasteiger partial charge in [0.2, 0.25) is 5.95 Å². The highest BCUT2D eigenvalue weighted by molar-refractivity contribution is 5.84. The first-order chi connectivity index (χ1) is 15.3. The minimum atomic E-state index is -0.774. The molecule has 0 spiro atoms. The molecular weight excluding hydrogens is 408 g/mol. The first-order valence-electron chi connectivity index (χ1n) is 11.1. The fourth-order valence-corrected chi connectivity index (χ4v) is 3.38. The van der Waals surface area contributed by atoms with Crippen molar-refractivity contribution in [2.24, 2.45) is 0 Å². The van der Waals surface area contributed by atoms with Gasteiger partial charge in [-0.25, -0.2) is 4.98 Å². The monoisotopic (exact) mass is 442 g/mol. The van der Waals surface area contributed by atoms with Crippen molar-refractivity contribution in [1.29, 1.82) is 0 Å². The molecule has 4 N–H and O–H groups in total. The van der Waals surface area contributed by atoms with Crippen LogP contribution in [0.2, 0.25) is 0 Å². The van der Waals surface area contributed by atoms with Crippen LogP contribution in [-0.4, -0.2) is 49.0 Å². The van der Waals surface area contributed by atoms with Crippen LogP contribution >= 0.6 is 0 Å². The van der Waals surface area contributed by atoms with Gasteiger partial charge in [0, 0.05) is 25.2 Å². The Hall–Kier alpha value is -3.07. The van der Waals surface area contributed by atoms with Gasteiger partial charge in [0.1, 0.15) is 0 Å². The molecule has 9 nitrogen and oxygen atoms in total. The number of imidazole rings is 1. The van der Waals surface area contributed by atoms with Crippen molar-refractivity contribution in [3.05, 3.63) is 30.1 Å². The summed E-state index contributed by atoms with van der Waals surface area (Å²) >= 11 is 0. The number of aromatic hydroxyl groups is 1. The Bertz CT molecular complexity index is 1030. The molecule has 1 aromatic carbocycles. The lowest BCUT2D eigenvalue weighted by atomic mass is 10.1. The summed E-state index contributed by atoms with van der Waals surface area (Å²) in [6.07, 6.45) is 5.69. The fraction of sp³-hybridized carbons (Fsp3) is 0.522. The van der Waals surface area contributed by atoms with Gasteiger partial charge in [-0.2, -0.15) is 9.97 Å². The first-order valence-corrected chi connectivity index (χ1v) is 11.1. The number of hydrogen-bond donors (Lipinski definition) is 4. The van der Waals surface area contributed by atoms with Gasteiger partial charge in [0.05, 0.1) is 19.0 Å². The van der Waals surface area contributed by atoms with E-state index in [0.29, 0.717) is 48.1 Å². The molecule has 3 rings (SSSR count). The molecule has 0 aliphatic heterocycles. The number of anilines is 2. The quantitative estimate of drug-likeness (QED) is 0.312. The number of unbranched alkanes of at least 4 members (excludes halogenated alkanes) is 2. The van der Waals surface area contributed by atoms with E-state index in [4.69, 9.17) is 4.74 Å². The van der Waals surface area contributed by atoms with E-state index in [-0.39, 0.29) is 5.75 Å². The van der Waals surface area contributed by atoms with Crippen LogP contribution in [0.5, 0.6) is 11.5 Å². The average Bonchev–Trinajstić information content (AvgIpc) is 3.15. The highest BCUT2D eigenvalue weighted by Gasteiger charge is 2.16. The molecular formula is C23H34N6O3. The number of para-hydroxylation sites is 1. The minimum absolute atomic E-state index is 0.0985. The van der Waals surface area contributed by atoms with Crippen molar-refractivity contribution >= 4 is 22.9 Å². The second-order valence-electron chi connectivity index (χ2n) is 8.52. The summed E-state index contributed by atoms with van der Waals surface area (Å²) in [5.74, 6) is 1.57. The lowest BCUT2D eigenvalue weighted by molar-refractivity contribution is 0.0748. The zero-order valence-corrected chi connectivity index (χ0v) is 19.4. The maximum absolute atomic E-state index is 10.4. The Kier molecular flexibility index (Phi) is 7.74. The molecule has 0 unspecified atom stereocenters. The molecule has 0 fully saturated rings. The highest BCUT2D eigenvalue weighted by atomic mass is 16.5. The SMILES string of the molecule is CCCCCn1cnc2c(NCc3cccc(OC)c3O)nc(NCCC(C)(C)O)nc21. The van der Waals surface area contributed by atoms with Crippen molar-refractivity contribution < 1.29 is 14.9 Å². The third kappa shape index (κ3) is 6.00. The number of hydrogen-bond acceptors (Lipinski definition) is 8. The van der Waals surface area contributed by atoms with Gasteiger partial charge in [-0.3, -0.25) is 0 Å². The number of nitrogens with zero attached hydrogens (tertiary/aromatic N) is 4. The molecule has 32 heavy (non-hydrogen) atoms. The minimum Gasteiger partial charge on any atom is -0.504 e. The molecule has 9 heteroatoms. The Morgan fingerprint density at radius 3 is 2.69 bits per heavy atom. The number of benzene rings is 1. The average molecular weight is 443 g/mol. The van der Waals surface area contributed by atoms with Crippen LogP contribution in [0.15, 0.2) is 24.5 Å². The zero-order valence-electron chi connectivity index (χ0n) is 19.4. The van der Waals surface area contributed by atoms with E-state index in [0.717, 1.165) is 31.5 Å². The van der Waals surface area contributed by atoms with Gasteiger partial charge >= 0.3 is 0 Å². The molecule has 174 valence electrons. The van der Waals surface area contributed by atoms with Crippen LogP contribution in [0.25, 0.3) is 11.2 Å². The molecule has 0 saturated carbocycles. The smallest absolute Gasteiger partial charge is 0.226 e. The van der Waals surface area contributed by atoms with Gasteiger partial charge in [-0.1, -0.05) is 31.9 Å². The van der Waals surface area contributed by atoms with E-state index >= 15 is 0 Å². The highest BCUT2D eigenvalue weighted by Crippen LogP contribution is 2.30. The fourth-order valence-electron chi connectivity index (χ4n) is 3.38. The van der Waals surface area contributed by atoms with Gasteiger partial charge < -0.3 is 30.2 Å². The lowest BCUT2D eigenvalue weighted by Crippen LogP contribution is -2.23. The van der Waals surface area contributed by atoms with Gasteiger partial charge in [-0.05, 0) is 32.8 Å². The summed E-state index contributed by atoms with van der Waals surface area (Å²) < 4.78 is 7.24. The number of rotatable bonds is 12. The van der Waals surface area contributed by atoms with Crippen LogP contribution < -0.4 is 15.4 Å². The van der Waals surface area contributed by atoms with Crippen molar-refractivity contribution in [3.63, 3.8) is 0 Å². The predicted molar refractivity (Wildman–Crippen MR) is 126 cm³/mol. The molecule has 0 radical (unpaired) electrons. The summed E-state index contributed by atoms with van der Waals surface area (Å²) in [5, 5.41) is 26.9. The van der Waals surface area contributed by atoms with Gasteiger partial charge in [0.25, 0.3) is 0 Å². The summed E-state index contributed by atoms with van der Waals surface area (Å²) in [7, 11) is 1.52. The van der Waals surface area contributed by atoms with E-state index in [1.54, 1.807) is 26.2 Å². The number of ether oxygens (including phenoxy) is 1. The Labute approximate surface area is 188 Å². The Morgan fingerprint density at radius 1 is 1.16 bits per heavy atom. The molecule has 0 saturated heterocycles. The molecule has 0 bridgehead atoms. The topological polar surface area (TPSA) is 117 Å². The van der Waals surface area contributed by atoms with E-state index in [9.17, 15) is 10.2 Å². The van der Waals surface area contributed by atoms with Crippen molar-refractivity contribution in [3.8, 4) is 11.5 Å². The molecule has 2 aromatic heterocycles. The van der Waals surface area contributed by atoms with Crippen LogP contribution in [-0.2, 0) is 13.1 Å². The lowest BCUT2D eigenvalue weighted by Gasteiger charge is -2.17. The molecule has 0 aliphatic rings. The third-order valence-corrected chi connectivity index (χ3v) is 5.24. The van der Waals surface area contributed by atoms with Crippen molar-refractivity contribution in [2.45, 2.75) is 65.1 Å². The second kappa shape index (κ2) is 10.5. The van der Waals surface area contributed by atoms with E-state index in [1.165, 1.54) is 7.11 Å². The summed E-state index contributed by atoms with van der Waals surface area (Å²) in [6.45, 7) is 7.44. The number of aryl methyl sites for hydroxylation is 1. The number of fused-ring (bicyclic) bond motifs is 1. The number of aliphatic hydroxyl groups is 1. The number of methoxy groups -OCH3 is 1. The number of nitrogens with one attached hydrogen (secondary N) is 2. The van der Waals surface area contributed by atoms with Crippen molar-refractivity contribution in [1.82, 2.24) is 19.5 Å². The molecule has 0 amide bonds. The standard InChI is InChI=1S/C23H34N6O3/c1-5-6-7-13-29-15-26-18-20(25-14-16-9-8-10-17(32-4)19(16)30)27-22(28-21(18)29)24-12-11-23(2,3)31/h8-10,15,30-31H,5-7,11-14H2,1-4H3,(H2,24,25,27,28). The summed E-state index contributed by atoms with van der Waals surface area (Å²) in [5.41, 5.74) is 1.34. The largest absolute Gasteiger partial charge is 0.504 e. The summed E-state index contributed by atoms with van der Waals surface area (Å²) in [6, 6.07) is 5.37. The molecule has 2 heterocycles. The number of phenols is 1. The predicted octanol–water partition coefficient (Wildman–Crippen LogP) is 3.92. The second-order valence-corrected chi connectivity index (χ2v) is 8.52. The third-order valence-electron chi connectivity index (χ3n) is 5.24. The van der Waals surface area contributed by atoms with Crippen LogP contribution in [0, 0.1) is 0 Å². The maximum Gasteiger partial charge on any atom is 0.226 e. The first kappa shape index (κ1) is 23.6.